The summed E-state index contributed by atoms with van der Waals surface area (Å²) in [6, 6.07) is 0. The summed E-state index contributed by atoms with van der Waals surface area (Å²) in [6.45, 7) is 5.56. The van der Waals surface area contributed by atoms with Crippen LogP contribution in [-0.4, -0.2) is 49.8 Å². The van der Waals surface area contributed by atoms with E-state index in [4.69, 9.17) is 11.5 Å². The Morgan fingerprint density at radius 2 is 1.40 bits per heavy atom. The topological polar surface area (TPSA) is 76.1 Å². The highest BCUT2D eigenvalue weighted by Gasteiger charge is 2.24. The average molecular weight is 232 g/mol. The first-order chi connectivity index (χ1) is 7.36. The van der Waals surface area contributed by atoms with Gasteiger partial charge in [-0.3, -0.25) is 0 Å². The Morgan fingerprint density at radius 3 is 1.80 bits per heavy atom. The fraction of sp³-hybridized carbons (Fsp3) is 1.00. The maximum atomic E-state index is 5.43. The van der Waals surface area contributed by atoms with Crippen LogP contribution in [0.4, 0.5) is 0 Å². The molecule has 1 aliphatic heterocycles. The lowest BCUT2D eigenvalue weighted by Crippen LogP contribution is -2.29. The van der Waals surface area contributed by atoms with Crippen molar-refractivity contribution in [2.75, 3.05) is 39.3 Å². The van der Waals surface area contributed by atoms with Gasteiger partial charge in [0.2, 0.25) is 0 Å². The number of nitrogens with two attached hydrogens (primary N) is 2. The highest BCUT2D eigenvalue weighted by atomic mass is 32.2. The fourth-order valence-corrected chi connectivity index (χ4v) is 3.33. The molecule has 1 fully saturated rings. The van der Waals surface area contributed by atoms with Gasteiger partial charge in [-0.15, -0.1) is 0 Å². The largest absolute Gasteiger partial charge is 0.329 e. The molecule has 0 saturated carbocycles. The Labute approximate surface area is 96.9 Å². The average Bonchev–Trinajstić information content (AvgIpc) is 2.67. The van der Waals surface area contributed by atoms with Gasteiger partial charge in [-0.2, -0.15) is 11.8 Å². The second-order valence-electron chi connectivity index (χ2n) is 3.94. The third kappa shape index (κ3) is 5.73. The Bertz CT molecular complexity index is 140. The van der Waals surface area contributed by atoms with Crippen LogP contribution in [0.25, 0.3) is 0 Å². The molecule has 0 spiro atoms. The standard InChI is InChI=1S/C10H24N4S/c11-3-5-13-7-9-1-2-10(15-9)8-14-6-4-12/h9-10,13-14H,1-8,11-12H2. The minimum atomic E-state index is 0.735. The number of hydrogen-bond acceptors (Lipinski definition) is 5. The number of thioether (sulfide) groups is 1. The third-order valence-corrected chi connectivity index (χ3v) is 4.16. The molecular weight excluding hydrogens is 208 g/mol. The summed E-state index contributed by atoms with van der Waals surface area (Å²) in [5.74, 6) is 0. The predicted molar refractivity (Wildman–Crippen MR) is 68.2 cm³/mol. The molecule has 90 valence electrons. The van der Waals surface area contributed by atoms with Crippen LogP contribution in [0.2, 0.25) is 0 Å². The van der Waals surface area contributed by atoms with Gasteiger partial charge in [0.05, 0.1) is 0 Å². The molecule has 0 aromatic carbocycles. The van der Waals surface area contributed by atoms with Gasteiger partial charge in [0.25, 0.3) is 0 Å². The number of hydrogen-bond donors (Lipinski definition) is 4. The van der Waals surface area contributed by atoms with Crippen molar-refractivity contribution in [1.29, 1.82) is 0 Å². The molecule has 0 radical (unpaired) electrons. The van der Waals surface area contributed by atoms with E-state index in [0.717, 1.165) is 49.8 Å². The molecule has 0 aromatic rings. The summed E-state index contributed by atoms with van der Waals surface area (Å²) >= 11 is 2.10. The highest BCUT2D eigenvalue weighted by molar-refractivity contribution is 8.00. The summed E-state index contributed by atoms with van der Waals surface area (Å²) in [6.07, 6.45) is 2.66. The predicted octanol–water partition coefficient (Wildman–Crippen LogP) is -0.653. The van der Waals surface area contributed by atoms with Crippen LogP contribution in [0.15, 0.2) is 0 Å². The molecule has 5 heteroatoms. The van der Waals surface area contributed by atoms with Crippen molar-refractivity contribution in [2.24, 2.45) is 11.5 Å². The zero-order valence-electron chi connectivity index (χ0n) is 9.37. The van der Waals surface area contributed by atoms with E-state index in [1.54, 1.807) is 0 Å². The van der Waals surface area contributed by atoms with E-state index < -0.39 is 0 Å². The van der Waals surface area contributed by atoms with Gasteiger partial charge in [-0.1, -0.05) is 0 Å². The van der Waals surface area contributed by atoms with Crippen molar-refractivity contribution < 1.29 is 0 Å². The number of nitrogens with one attached hydrogen (secondary N) is 2. The summed E-state index contributed by atoms with van der Waals surface area (Å²) in [5.41, 5.74) is 10.9. The van der Waals surface area contributed by atoms with E-state index >= 15 is 0 Å². The van der Waals surface area contributed by atoms with E-state index in [1.807, 2.05) is 0 Å². The van der Waals surface area contributed by atoms with Crippen molar-refractivity contribution in [3.05, 3.63) is 0 Å². The van der Waals surface area contributed by atoms with Crippen LogP contribution in [-0.2, 0) is 0 Å². The van der Waals surface area contributed by atoms with Gasteiger partial charge in [0, 0.05) is 49.8 Å². The van der Waals surface area contributed by atoms with Crippen LogP contribution in [0.5, 0.6) is 0 Å². The molecular formula is C10H24N4S. The molecule has 0 aliphatic carbocycles. The van der Waals surface area contributed by atoms with Crippen molar-refractivity contribution in [3.63, 3.8) is 0 Å². The monoisotopic (exact) mass is 232 g/mol. The normalized spacial score (nSPS) is 26.0. The minimum Gasteiger partial charge on any atom is -0.329 e. The van der Waals surface area contributed by atoms with Gasteiger partial charge >= 0.3 is 0 Å². The molecule has 0 bridgehead atoms. The van der Waals surface area contributed by atoms with Gasteiger partial charge in [0.1, 0.15) is 0 Å². The molecule has 2 atom stereocenters. The molecule has 15 heavy (non-hydrogen) atoms. The van der Waals surface area contributed by atoms with Gasteiger partial charge in [0.15, 0.2) is 0 Å². The van der Waals surface area contributed by atoms with E-state index in [0.29, 0.717) is 0 Å². The maximum Gasteiger partial charge on any atom is 0.0176 e. The molecule has 6 N–H and O–H groups in total. The molecule has 1 aliphatic rings. The Morgan fingerprint density at radius 1 is 0.933 bits per heavy atom. The van der Waals surface area contributed by atoms with E-state index in [-0.39, 0.29) is 0 Å². The molecule has 1 rings (SSSR count). The second kappa shape index (κ2) is 8.35. The first-order valence-corrected chi connectivity index (χ1v) is 6.78. The van der Waals surface area contributed by atoms with Crippen LogP contribution < -0.4 is 22.1 Å². The summed E-state index contributed by atoms with van der Waals surface area (Å²) < 4.78 is 0. The van der Waals surface area contributed by atoms with Gasteiger partial charge in [-0.05, 0) is 12.8 Å². The van der Waals surface area contributed by atoms with Gasteiger partial charge in [-0.25, -0.2) is 0 Å². The van der Waals surface area contributed by atoms with E-state index in [9.17, 15) is 0 Å². The Kier molecular flexibility index (Phi) is 7.38. The summed E-state index contributed by atoms with van der Waals surface area (Å²) in [5, 5.41) is 8.31. The Balaban J connectivity index is 1.99. The molecule has 0 aromatic heterocycles. The molecule has 1 saturated heterocycles. The van der Waals surface area contributed by atoms with Crippen molar-refractivity contribution in [3.8, 4) is 0 Å². The lowest BCUT2D eigenvalue weighted by atomic mass is 10.2. The lowest BCUT2D eigenvalue weighted by Gasteiger charge is -2.12. The molecule has 1 heterocycles. The van der Waals surface area contributed by atoms with Crippen molar-refractivity contribution >= 4 is 11.8 Å². The zero-order valence-corrected chi connectivity index (χ0v) is 10.2. The van der Waals surface area contributed by atoms with Crippen molar-refractivity contribution in [2.45, 2.75) is 23.3 Å². The quantitative estimate of drug-likeness (QED) is 0.418. The second-order valence-corrected chi connectivity index (χ2v) is 5.55. The Hall–Kier alpha value is 0.190. The highest BCUT2D eigenvalue weighted by Crippen LogP contribution is 2.32. The van der Waals surface area contributed by atoms with E-state index in [1.165, 1.54) is 12.8 Å². The minimum absolute atomic E-state index is 0.735. The first-order valence-electron chi connectivity index (χ1n) is 5.84. The van der Waals surface area contributed by atoms with Gasteiger partial charge < -0.3 is 22.1 Å². The number of rotatable bonds is 8. The zero-order chi connectivity index (χ0) is 10.9. The smallest absolute Gasteiger partial charge is 0.0176 e. The van der Waals surface area contributed by atoms with Crippen LogP contribution >= 0.6 is 11.8 Å². The molecule has 2 unspecified atom stereocenters. The molecule has 4 nitrogen and oxygen atoms in total. The first kappa shape index (κ1) is 13.3. The van der Waals surface area contributed by atoms with Crippen LogP contribution in [0, 0.1) is 0 Å². The summed E-state index contributed by atoms with van der Waals surface area (Å²) in [7, 11) is 0. The lowest BCUT2D eigenvalue weighted by molar-refractivity contribution is 0.615. The molecule has 0 amide bonds. The fourth-order valence-electron chi connectivity index (χ4n) is 1.81. The van der Waals surface area contributed by atoms with Crippen LogP contribution in [0.1, 0.15) is 12.8 Å². The SMILES string of the molecule is NCCNCC1CCC(CNCCN)S1. The van der Waals surface area contributed by atoms with Crippen LogP contribution in [0.3, 0.4) is 0 Å². The summed E-state index contributed by atoms with van der Waals surface area (Å²) in [4.78, 5) is 0. The van der Waals surface area contributed by atoms with E-state index in [2.05, 4.69) is 22.4 Å². The third-order valence-electron chi connectivity index (χ3n) is 2.58. The van der Waals surface area contributed by atoms with Crippen molar-refractivity contribution in [1.82, 2.24) is 10.6 Å². The maximum absolute atomic E-state index is 5.43.